The van der Waals surface area contributed by atoms with E-state index in [1.165, 1.54) is 24.7 Å². The molecule has 5 aliphatic rings. The predicted molar refractivity (Wildman–Crippen MR) is 106 cm³/mol. The van der Waals surface area contributed by atoms with E-state index < -0.39 is 15.9 Å². The van der Waals surface area contributed by atoms with E-state index >= 15 is 0 Å². The molecule has 1 atom stereocenters. The molecule has 1 aliphatic heterocycles. The van der Waals surface area contributed by atoms with E-state index in [1.807, 2.05) is 36.1 Å². The average molecular weight is 386 g/mol. The number of sulfone groups is 1. The Morgan fingerprint density at radius 1 is 1.00 bits per heavy atom. The van der Waals surface area contributed by atoms with Crippen LogP contribution in [0.15, 0.2) is 35.7 Å². The van der Waals surface area contributed by atoms with E-state index in [4.69, 9.17) is 0 Å². The Morgan fingerprint density at radius 2 is 1.56 bits per heavy atom. The molecule has 0 unspecified atom stereocenters. The maximum Gasteiger partial charge on any atom is 0.233 e. The highest BCUT2D eigenvalue weighted by atomic mass is 32.2. The van der Waals surface area contributed by atoms with Crippen molar-refractivity contribution >= 4 is 21.4 Å². The first-order valence-electron chi connectivity index (χ1n) is 10.1. The number of aryl methyl sites for hydroxylation is 1. The second kappa shape index (κ2) is 5.94. The molecular formula is C22H27NO3S. The minimum atomic E-state index is -3.22. The first kappa shape index (κ1) is 17.5. The smallest absolute Gasteiger partial charge is 0.233 e. The van der Waals surface area contributed by atoms with E-state index in [0.29, 0.717) is 17.8 Å². The largest absolute Gasteiger partial charge is 0.304 e. The lowest BCUT2D eigenvalue weighted by Gasteiger charge is -2.57. The molecule has 5 heteroatoms. The standard InChI is InChI=1S/C22H27NO3S/c1-15-2-4-19(5-3-15)23(20-6-7-27(25,26)14-20)21(24)22-11-16-8-17(12-22)10-18(9-16)13-22/h2-7,16-18,20H,8-14H2,1H3/t16?,17?,18?,20-,22?/m0/s1. The summed E-state index contributed by atoms with van der Waals surface area (Å²) in [4.78, 5) is 15.8. The fourth-order valence-electron chi connectivity index (χ4n) is 6.51. The first-order valence-corrected chi connectivity index (χ1v) is 11.9. The molecule has 1 aromatic carbocycles. The van der Waals surface area contributed by atoms with Gasteiger partial charge in [-0.15, -0.1) is 0 Å². The van der Waals surface area contributed by atoms with E-state index in [0.717, 1.165) is 30.5 Å². The third-order valence-corrected chi connectivity index (χ3v) is 8.64. The molecule has 1 amide bonds. The van der Waals surface area contributed by atoms with Crippen molar-refractivity contribution in [1.29, 1.82) is 0 Å². The highest BCUT2D eigenvalue weighted by molar-refractivity contribution is 7.94. The van der Waals surface area contributed by atoms with Crippen LogP contribution in [0.5, 0.6) is 0 Å². The molecule has 27 heavy (non-hydrogen) atoms. The number of carbonyl (C=O) groups is 1. The molecule has 4 fully saturated rings. The SMILES string of the molecule is Cc1ccc(N(C(=O)C23CC4CC(CC(C4)C2)C3)[C@H]2C=CS(=O)(=O)C2)cc1. The number of carbonyl (C=O) groups excluding carboxylic acids is 1. The van der Waals surface area contributed by atoms with Crippen LogP contribution in [0.1, 0.15) is 44.1 Å². The summed E-state index contributed by atoms with van der Waals surface area (Å²) in [6.45, 7) is 2.02. The maximum absolute atomic E-state index is 14.0. The zero-order valence-electron chi connectivity index (χ0n) is 15.8. The summed E-state index contributed by atoms with van der Waals surface area (Å²) in [6, 6.07) is 7.54. The van der Waals surface area contributed by atoms with Crippen LogP contribution in [0.25, 0.3) is 0 Å². The van der Waals surface area contributed by atoms with Gasteiger partial charge in [-0.3, -0.25) is 4.79 Å². The Bertz CT molecular complexity index is 865. The Morgan fingerprint density at radius 3 is 2.04 bits per heavy atom. The van der Waals surface area contributed by atoms with Crippen LogP contribution < -0.4 is 4.90 Å². The van der Waals surface area contributed by atoms with Crippen molar-refractivity contribution in [3.05, 3.63) is 41.3 Å². The second-order valence-corrected chi connectivity index (χ2v) is 11.4. The van der Waals surface area contributed by atoms with E-state index in [2.05, 4.69) is 0 Å². The fraction of sp³-hybridized carbons (Fsp3) is 0.591. The van der Waals surface area contributed by atoms with E-state index in [-0.39, 0.29) is 17.1 Å². The van der Waals surface area contributed by atoms with Gasteiger partial charge in [0, 0.05) is 11.1 Å². The summed E-state index contributed by atoms with van der Waals surface area (Å²) in [7, 11) is -3.22. The van der Waals surface area contributed by atoms with Crippen molar-refractivity contribution in [2.75, 3.05) is 10.7 Å². The molecule has 4 saturated carbocycles. The molecule has 4 bridgehead atoms. The minimum absolute atomic E-state index is 0.00101. The number of hydrogen-bond donors (Lipinski definition) is 0. The Kier molecular flexibility index (Phi) is 3.84. The maximum atomic E-state index is 14.0. The van der Waals surface area contributed by atoms with Crippen LogP contribution in [0.3, 0.4) is 0 Å². The number of hydrogen-bond acceptors (Lipinski definition) is 3. The summed E-state index contributed by atoms with van der Waals surface area (Å²) in [5.74, 6) is 2.21. The molecule has 4 nitrogen and oxygen atoms in total. The molecule has 144 valence electrons. The normalized spacial score (nSPS) is 38.3. The van der Waals surface area contributed by atoms with Gasteiger partial charge in [-0.25, -0.2) is 8.42 Å². The number of amides is 1. The zero-order chi connectivity index (χ0) is 18.8. The Hall–Kier alpha value is -1.62. The predicted octanol–water partition coefficient (Wildman–Crippen LogP) is 3.86. The number of nitrogens with zero attached hydrogens (tertiary/aromatic N) is 1. The summed E-state index contributed by atoms with van der Waals surface area (Å²) in [6.07, 6.45) is 8.53. The van der Waals surface area contributed by atoms with Gasteiger partial charge in [0.1, 0.15) is 0 Å². The van der Waals surface area contributed by atoms with E-state index in [9.17, 15) is 13.2 Å². The Balaban J connectivity index is 1.53. The lowest BCUT2D eigenvalue weighted by Crippen LogP contribution is -2.57. The summed E-state index contributed by atoms with van der Waals surface area (Å²) in [5, 5.41) is 1.28. The summed E-state index contributed by atoms with van der Waals surface area (Å²) in [5.41, 5.74) is 1.68. The molecule has 1 aromatic rings. The molecule has 1 heterocycles. The van der Waals surface area contributed by atoms with Gasteiger partial charge in [-0.2, -0.15) is 0 Å². The quantitative estimate of drug-likeness (QED) is 0.794. The van der Waals surface area contributed by atoms with Gasteiger partial charge in [0.05, 0.1) is 17.2 Å². The van der Waals surface area contributed by atoms with Gasteiger partial charge >= 0.3 is 0 Å². The highest BCUT2D eigenvalue weighted by Crippen LogP contribution is 2.60. The summed E-state index contributed by atoms with van der Waals surface area (Å²) >= 11 is 0. The monoisotopic (exact) mass is 385 g/mol. The molecule has 0 spiro atoms. The van der Waals surface area contributed by atoms with Gasteiger partial charge in [0.15, 0.2) is 9.84 Å². The van der Waals surface area contributed by atoms with Gasteiger partial charge < -0.3 is 4.90 Å². The van der Waals surface area contributed by atoms with E-state index in [1.54, 1.807) is 6.08 Å². The topological polar surface area (TPSA) is 54.5 Å². The third kappa shape index (κ3) is 2.95. The lowest BCUT2D eigenvalue weighted by molar-refractivity contribution is -0.143. The number of benzene rings is 1. The number of rotatable bonds is 3. The highest BCUT2D eigenvalue weighted by Gasteiger charge is 2.56. The summed E-state index contributed by atoms with van der Waals surface area (Å²) < 4.78 is 24.2. The van der Waals surface area contributed by atoms with Crippen LogP contribution in [0.4, 0.5) is 5.69 Å². The van der Waals surface area contributed by atoms with Crippen molar-refractivity contribution in [2.24, 2.45) is 23.2 Å². The molecule has 0 radical (unpaired) electrons. The molecular weight excluding hydrogens is 358 g/mol. The molecule has 6 rings (SSSR count). The molecule has 0 aromatic heterocycles. The van der Waals surface area contributed by atoms with Crippen molar-refractivity contribution in [2.45, 2.75) is 51.5 Å². The van der Waals surface area contributed by atoms with Crippen molar-refractivity contribution in [3.63, 3.8) is 0 Å². The molecule has 4 aliphatic carbocycles. The number of anilines is 1. The Labute approximate surface area is 161 Å². The van der Waals surface area contributed by atoms with Crippen molar-refractivity contribution in [3.8, 4) is 0 Å². The van der Waals surface area contributed by atoms with Gasteiger partial charge in [0.2, 0.25) is 5.91 Å². The fourth-order valence-corrected chi connectivity index (χ4v) is 7.78. The van der Waals surface area contributed by atoms with Crippen molar-refractivity contribution < 1.29 is 13.2 Å². The third-order valence-electron chi connectivity index (χ3n) is 7.27. The molecule has 0 N–H and O–H groups in total. The van der Waals surface area contributed by atoms with Crippen LogP contribution in [0.2, 0.25) is 0 Å². The van der Waals surface area contributed by atoms with Crippen LogP contribution in [-0.4, -0.2) is 26.1 Å². The average Bonchev–Trinajstić information content (AvgIpc) is 2.95. The second-order valence-electron chi connectivity index (χ2n) is 9.43. The van der Waals surface area contributed by atoms with Crippen LogP contribution in [-0.2, 0) is 14.6 Å². The first-order chi connectivity index (χ1) is 12.8. The lowest BCUT2D eigenvalue weighted by atomic mass is 9.49. The minimum Gasteiger partial charge on any atom is -0.304 e. The van der Waals surface area contributed by atoms with Crippen molar-refractivity contribution in [1.82, 2.24) is 0 Å². The van der Waals surface area contributed by atoms with Crippen LogP contribution >= 0.6 is 0 Å². The zero-order valence-corrected chi connectivity index (χ0v) is 16.6. The van der Waals surface area contributed by atoms with Gasteiger partial charge in [-0.05, 0) is 81.4 Å². The van der Waals surface area contributed by atoms with Crippen LogP contribution in [0, 0.1) is 30.1 Å². The molecule has 0 saturated heterocycles. The van der Waals surface area contributed by atoms with Gasteiger partial charge in [-0.1, -0.05) is 17.7 Å². The van der Waals surface area contributed by atoms with Gasteiger partial charge in [0.25, 0.3) is 0 Å².